The Morgan fingerprint density at radius 3 is 2.50 bits per heavy atom. The monoisotopic (exact) mass is 383 g/mol. The van der Waals surface area contributed by atoms with Crippen molar-refractivity contribution >= 4 is 21.6 Å². The van der Waals surface area contributed by atoms with Crippen molar-refractivity contribution in [2.24, 2.45) is 5.92 Å². The maximum atomic E-state index is 12.7. The minimum Gasteiger partial charge on any atom is -0.492 e. The maximum absolute atomic E-state index is 12.7. The molecule has 8 heteroatoms. The Morgan fingerprint density at radius 1 is 1.23 bits per heavy atom. The van der Waals surface area contributed by atoms with E-state index >= 15 is 0 Å². The molecular weight excluding hydrogens is 354 g/mol. The van der Waals surface area contributed by atoms with Gasteiger partial charge in [0.05, 0.1) is 23.7 Å². The van der Waals surface area contributed by atoms with Crippen LogP contribution in [-0.2, 0) is 14.8 Å². The van der Waals surface area contributed by atoms with Crippen LogP contribution in [-0.4, -0.2) is 51.4 Å². The van der Waals surface area contributed by atoms with E-state index in [0.717, 1.165) is 6.54 Å². The number of benzene rings is 1. The maximum Gasteiger partial charge on any atom is 0.243 e. The fourth-order valence-electron chi connectivity index (χ4n) is 2.67. The summed E-state index contributed by atoms with van der Waals surface area (Å²) in [5, 5.41) is 5.89. The quantitative estimate of drug-likeness (QED) is 0.611. The zero-order chi connectivity index (χ0) is 19.2. The normalized spacial score (nSPS) is 14.5. The molecule has 7 nitrogen and oxygen atoms in total. The Hall–Kier alpha value is -1.64. The van der Waals surface area contributed by atoms with E-state index in [9.17, 15) is 13.2 Å². The Bertz CT molecular complexity index is 713. The Balaban J connectivity index is 2.17. The minimum absolute atomic E-state index is 0.144. The molecule has 1 aliphatic carbocycles. The molecule has 0 unspecified atom stereocenters. The molecule has 0 aliphatic heterocycles. The van der Waals surface area contributed by atoms with Gasteiger partial charge in [-0.15, -0.1) is 0 Å². The second-order valence-electron chi connectivity index (χ2n) is 6.30. The van der Waals surface area contributed by atoms with E-state index in [0.29, 0.717) is 37.1 Å². The second kappa shape index (κ2) is 9.34. The first-order valence-corrected chi connectivity index (χ1v) is 10.6. The topological polar surface area (TPSA) is 87.7 Å². The summed E-state index contributed by atoms with van der Waals surface area (Å²) in [5.41, 5.74) is 0.373. The van der Waals surface area contributed by atoms with Gasteiger partial charge >= 0.3 is 0 Å². The van der Waals surface area contributed by atoms with Gasteiger partial charge in [0.1, 0.15) is 5.75 Å². The van der Waals surface area contributed by atoms with Crippen molar-refractivity contribution in [1.82, 2.24) is 9.62 Å². The smallest absolute Gasteiger partial charge is 0.243 e. The lowest BCUT2D eigenvalue weighted by Crippen LogP contribution is -2.31. The number of carbonyl (C=O) groups excluding carboxylic acids is 1. The summed E-state index contributed by atoms with van der Waals surface area (Å²) in [7, 11) is -3.60. The van der Waals surface area contributed by atoms with Crippen LogP contribution in [0.25, 0.3) is 0 Å². The van der Waals surface area contributed by atoms with Crippen LogP contribution in [0.4, 0.5) is 5.69 Å². The number of nitrogens with zero attached hydrogens (tertiary/aromatic N) is 1. The van der Waals surface area contributed by atoms with Crippen LogP contribution in [0.15, 0.2) is 23.1 Å². The highest BCUT2D eigenvalue weighted by Gasteiger charge is 2.24. The van der Waals surface area contributed by atoms with E-state index in [1.54, 1.807) is 19.9 Å². The Kier molecular flexibility index (Phi) is 7.43. The molecule has 26 heavy (non-hydrogen) atoms. The molecule has 0 heterocycles. The van der Waals surface area contributed by atoms with Gasteiger partial charge in [-0.3, -0.25) is 4.79 Å². The summed E-state index contributed by atoms with van der Waals surface area (Å²) in [5.74, 6) is 0.926. The molecule has 0 aromatic heterocycles. The van der Waals surface area contributed by atoms with Crippen LogP contribution in [0.1, 0.15) is 33.6 Å². The number of carbonyl (C=O) groups is 1. The zero-order valence-corrected chi connectivity index (χ0v) is 16.6. The highest BCUT2D eigenvalue weighted by Crippen LogP contribution is 2.29. The molecule has 1 aliphatic rings. The van der Waals surface area contributed by atoms with Crippen molar-refractivity contribution in [2.75, 3.05) is 38.1 Å². The third kappa shape index (κ3) is 5.43. The van der Waals surface area contributed by atoms with Crippen LogP contribution in [0.3, 0.4) is 0 Å². The molecule has 1 aromatic carbocycles. The van der Waals surface area contributed by atoms with Crippen molar-refractivity contribution in [2.45, 2.75) is 38.5 Å². The molecule has 1 amide bonds. The summed E-state index contributed by atoms with van der Waals surface area (Å²) in [6, 6.07) is 4.57. The van der Waals surface area contributed by atoms with Crippen LogP contribution >= 0.6 is 0 Å². The number of hydrogen-bond donors (Lipinski definition) is 2. The molecule has 1 fully saturated rings. The third-order valence-corrected chi connectivity index (χ3v) is 6.33. The van der Waals surface area contributed by atoms with Gasteiger partial charge in [-0.1, -0.05) is 13.8 Å². The summed E-state index contributed by atoms with van der Waals surface area (Å²) in [6.07, 6.45) is 2.43. The second-order valence-corrected chi connectivity index (χ2v) is 8.24. The lowest BCUT2D eigenvalue weighted by Gasteiger charge is -2.20. The van der Waals surface area contributed by atoms with Crippen molar-refractivity contribution in [1.29, 1.82) is 0 Å². The molecule has 2 N–H and O–H groups in total. The molecule has 146 valence electrons. The third-order valence-electron chi connectivity index (χ3n) is 4.28. The van der Waals surface area contributed by atoms with Crippen LogP contribution in [0.2, 0.25) is 0 Å². The van der Waals surface area contributed by atoms with E-state index in [1.807, 2.05) is 6.92 Å². The lowest BCUT2D eigenvalue weighted by molar-refractivity contribution is -0.115. The summed E-state index contributed by atoms with van der Waals surface area (Å²) in [4.78, 5) is 12.3. The van der Waals surface area contributed by atoms with Crippen LogP contribution in [0, 0.1) is 5.92 Å². The SMILES string of the molecule is CCOc1ccc(S(=O)(=O)N(CC)CC)cc1NC(=O)CNCC1CC1. The average Bonchev–Trinajstić information content (AvgIpc) is 3.41. The number of rotatable bonds is 11. The summed E-state index contributed by atoms with van der Waals surface area (Å²) < 4.78 is 32.3. The van der Waals surface area contributed by atoms with Crippen LogP contribution in [0.5, 0.6) is 5.75 Å². The van der Waals surface area contributed by atoms with E-state index < -0.39 is 10.0 Å². The van der Waals surface area contributed by atoms with E-state index in [2.05, 4.69) is 10.6 Å². The molecule has 0 spiro atoms. The van der Waals surface area contributed by atoms with Gasteiger partial charge in [-0.2, -0.15) is 4.31 Å². The fraction of sp³-hybridized carbons (Fsp3) is 0.611. The van der Waals surface area contributed by atoms with Crippen molar-refractivity contribution < 1.29 is 17.9 Å². The lowest BCUT2D eigenvalue weighted by atomic mass is 10.3. The molecule has 0 saturated heterocycles. The molecular formula is C18H29N3O4S. The summed E-state index contributed by atoms with van der Waals surface area (Å²) >= 11 is 0. The molecule has 0 atom stereocenters. The number of sulfonamides is 1. The van der Waals surface area contributed by atoms with Gasteiger partial charge in [0.2, 0.25) is 15.9 Å². The Morgan fingerprint density at radius 2 is 1.92 bits per heavy atom. The standard InChI is InChI=1S/C18H29N3O4S/c1-4-21(5-2)26(23,24)15-9-10-17(25-6-3)16(11-15)20-18(22)13-19-12-14-7-8-14/h9-11,14,19H,4-8,12-13H2,1-3H3,(H,20,22). The Labute approximate surface area is 156 Å². The first-order chi connectivity index (χ1) is 12.4. The van der Waals surface area contributed by atoms with Gasteiger partial charge in [0.25, 0.3) is 0 Å². The number of hydrogen-bond acceptors (Lipinski definition) is 5. The molecule has 1 saturated carbocycles. The largest absolute Gasteiger partial charge is 0.492 e. The van der Waals surface area contributed by atoms with Gasteiger partial charge in [0.15, 0.2) is 0 Å². The number of anilines is 1. The summed E-state index contributed by atoms with van der Waals surface area (Å²) in [6.45, 7) is 7.65. The van der Waals surface area contributed by atoms with Crippen molar-refractivity contribution in [3.63, 3.8) is 0 Å². The molecule has 2 rings (SSSR count). The van der Waals surface area contributed by atoms with Gasteiger partial charge in [-0.25, -0.2) is 8.42 Å². The minimum atomic E-state index is -3.60. The molecule has 1 aromatic rings. The first kappa shape index (κ1) is 20.7. The first-order valence-electron chi connectivity index (χ1n) is 9.19. The number of ether oxygens (including phenoxy) is 1. The fourth-order valence-corrected chi connectivity index (χ4v) is 4.15. The zero-order valence-electron chi connectivity index (χ0n) is 15.7. The van der Waals surface area contributed by atoms with E-state index in [-0.39, 0.29) is 17.3 Å². The van der Waals surface area contributed by atoms with E-state index in [4.69, 9.17) is 4.74 Å². The highest BCUT2D eigenvalue weighted by atomic mass is 32.2. The van der Waals surface area contributed by atoms with Gasteiger partial charge in [0, 0.05) is 13.1 Å². The van der Waals surface area contributed by atoms with E-state index in [1.165, 1.54) is 29.3 Å². The van der Waals surface area contributed by atoms with Crippen molar-refractivity contribution in [3.8, 4) is 5.75 Å². The van der Waals surface area contributed by atoms with Gasteiger partial charge < -0.3 is 15.4 Å². The predicted molar refractivity (Wildman–Crippen MR) is 102 cm³/mol. The number of nitrogens with one attached hydrogen (secondary N) is 2. The predicted octanol–water partition coefficient (Wildman–Crippen LogP) is 2.05. The molecule has 0 bridgehead atoms. The highest BCUT2D eigenvalue weighted by molar-refractivity contribution is 7.89. The van der Waals surface area contributed by atoms with Crippen LogP contribution < -0.4 is 15.4 Å². The number of amides is 1. The molecule has 0 radical (unpaired) electrons. The van der Waals surface area contributed by atoms with Crippen molar-refractivity contribution in [3.05, 3.63) is 18.2 Å². The average molecular weight is 384 g/mol. The van der Waals surface area contributed by atoms with Gasteiger partial charge in [-0.05, 0) is 50.4 Å².